The molecule has 0 atom stereocenters. The van der Waals surface area contributed by atoms with Crippen LogP contribution in [0.2, 0.25) is 0 Å². The van der Waals surface area contributed by atoms with Gasteiger partial charge in [-0.1, -0.05) is 42.5 Å². The molecule has 0 saturated carbocycles. The van der Waals surface area contributed by atoms with E-state index >= 15 is 0 Å². The van der Waals surface area contributed by atoms with E-state index in [9.17, 15) is 10.1 Å². The van der Waals surface area contributed by atoms with Gasteiger partial charge >= 0.3 is 0 Å². The minimum absolute atomic E-state index is 0.0975. The van der Waals surface area contributed by atoms with Crippen molar-refractivity contribution in [3.8, 4) is 0 Å². The number of para-hydroxylation sites is 1. The van der Waals surface area contributed by atoms with Gasteiger partial charge < -0.3 is 0 Å². The summed E-state index contributed by atoms with van der Waals surface area (Å²) in [5, 5.41) is 14.2. The Morgan fingerprint density at radius 3 is 2.62 bits per heavy atom. The number of nitrogens with zero attached hydrogens (tertiary/aromatic N) is 2. The van der Waals surface area contributed by atoms with Gasteiger partial charge in [0, 0.05) is 11.5 Å². The molecule has 0 aliphatic heterocycles. The van der Waals surface area contributed by atoms with E-state index in [-0.39, 0.29) is 10.6 Å². The summed E-state index contributed by atoms with van der Waals surface area (Å²) in [6, 6.07) is 19.0. The number of hydrogen-bond donors (Lipinski definition) is 0. The zero-order chi connectivity index (χ0) is 16.5. The van der Waals surface area contributed by atoms with Crippen molar-refractivity contribution in [3.05, 3.63) is 81.3 Å². The van der Waals surface area contributed by atoms with Gasteiger partial charge in [-0.25, -0.2) is 4.98 Å². The zero-order valence-electron chi connectivity index (χ0n) is 12.5. The average molecular weight is 332 g/mol. The summed E-state index contributed by atoms with van der Waals surface area (Å²) in [6.07, 6.45) is 3.58. The monoisotopic (exact) mass is 332 g/mol. The molecule has 1 aromatic heterocycles. The van der Waals surface area contributed by atoms with Crippen molar-refractivity contribution in [3.63, 3.8) is 0 Å². The number of fused-ring (bicyclic) bond motifs is 3. The molecular formula is C19H12N2O2S. The molecule has 4 rings (SSSR count). The molecule has 0 aliphatic carbocycles. The highest BCUT2D eigenvalue weighted by molar-refractivity contribution is 7.19. The molecule has 3 aromatic carbocycles. The highest BCUT2D eigenvalue weighted by Crippen LogP contribution is 2.30. The summed E-state index contributed by atoms with van der Waals surface area (Å²) in [6.45, 7) is 0. The molecule has 0 spiro atoms. The van der Waals surface area contributed by atoms with E-state index in [2.05, 4.69) is 24.3 Å². The van der Waals surface area contributed by atoms with E-state index in [4.69, 9.17) is 4.98 Å². The topological polar surface area (TPSA) is 56.0 Å². The molecule has 4 nitrogen and oxygen atoms in total. The first-order valence-electron chi connectivity index (χ1n) is 7.42. The van der Waals surface area contributed by atoms with Gasteiger partial charge in [-0.2, -0.15) is 0 Å². The van der Waals surface area contributed by atoms with Crippen molar-refractivity contribution in [1.29, 1.82) is 0 Å². The van der Waals surface area contributed by atoms with Crippen LogP contribution in [0.1, 0.15) is 10.6 Å². The molecule has 0 fully saturated rings. The van der Waals surface area contributed by atoms with E-state index in [1.165, 1.54) is 6.07 Å². The average Bonchev–Trinajstić information content (AvgIpc) is 3.03. The molecule has 116 valence electrons. The molecular weight excluding hydrogens is 320 g/mol. The normalized spacial score (nSPS) is 11.5. The fourth-order valence-corrected chi connectivity index (χ4v) is 3.59. The molecule has 0 amide bonds. The lowest BCUT2D eigenvalue weighted by Crippen LogP contribution is -1.90. The van der Waals surface area contributed by atoms with Crippen LogP contribution in [0.25, 0.3) is 33.1 Å². The minimum Gasteiger partial charge on any atom is -0.258 e. The van der Waals surface area contributed by atoms with E-state index < -0.39 is 0 Å². The number of aromatic nitrogens is 1. The van der Waals surface area contributed by atoms with Crippen LogP contribution in [0.15, 0.2) is 60.7 Å². The Bertz CT molecular complexity index is 1100. The number of rotatable bonds is 3. The Hall–Kier alpha value is -3.05. The lowest BCUT2D eigenvalue weighted by molar-refractivity contribution is -0.385. The van der Waals surface area contributed by atoms with Crippen molar-refractivity contribution in [2.45, 2.75) is 0 Å². The first kappa shape index (κ1) is 14.5. The smallest absolute Gasteiger partial charge is 0.258 e. The van der Waals surface area contributed by atoms with Gasteiger partial charge in [-0.15, -0.1) is 11.3 Å². The summed E-state index contributed by atoms with van der Waals surface area (Å²) in [5.74, 6) is 0. The predicted octanol–water partition coefficient (Wildman–Crippen LogP) is 5.53. The first-order chi connectivity index (χ1) is 11.7. The molecule has 0 saturated heterocycles. The van der Waals surface area contributed by atoms with E-state index in [1.54, 1.807) is 35.6 Å². The molecule has 0 aliphatic rings. The maximum atomic E-state index is 11.1. The van der Waals surface area contributed by atoms with Gasteiger partial charge in [-0.3, -0.25) is 10.1 Å². The van der Waals surface area contributed by atoms with Gasteiger partial charge in [-0.05, 0) is 29.7 Å². The van der Waals surface area contributed by atoms with Crippen LogP contribution >= 0.6 is 11.3 Å². The molecule has 0 N–H and O–H groups in total. The van der Waals surface area contributed by atoms with Gasteiger partial charge in [0.15, 0.2) is 0 Å². The summed E-state index contributed by atoms with van der Waals surface area (Å²) >= 11 is 1.58. The quantitative estimate of drug-likeness (QED) is 0.366. The zero-order valence-corrected chi connectivity index (χ0v) is 13.4. The van der Waals surface area contributed by atoms with Gasteiger partial charge in [0.05, 0.1) is 20.7 Å². The predicted molar refractivity (Wildman–Crippen MR) is 99.2 cm³/mol. The lowest BCUT2D eigenvalue weighted by Gasteiger charge is -1.96. The second-order valence-electron chi connectivity index (χ2n) is 5.33. The number of hydrogen-bond acceptors (Lipinski definition) is 4. The largest absolute Gasteiger partial charge is 0.276 e. The van der Waals surface area contributed by atoms with Crippen molar-refractivity contribution in [2.75, 3.05) is 0 Å². The molecule has 4 aromatic rings. The van der Waals surface area contributed by atoms with E-state index in [0.29, 0.717) is 5.56 Å². The van der Waals surface area contributed by atoms with Crippen LogP contribution in [0.5, 0.6) is 0 Å². The Balaban J connectivity index is 1.78. The minimum atomic E-state index is -0.370. The van der Waals surface area contributed by atoms with E-state index in [1.807, 2.05) is 18.2 Å². The summed E-state index contributed by atoms with van der Waals surface area (Å²) in [7, 11) is 0. The fraction of sp³-hybridized carbons (Fsp3) is 0. The molecule has 0 bridgehead atoms. The standard InChI is InChI=1S/C19H12N2O2S/c22-21(23)16-8-4-2-6-14(16)10-12-18-20-19-15-7-3-1-5-13(15)9-11-17(19)24-18/h1-12H. The highest BCUT2D eigenvalue weighted by Gasteiger charge is 2.10. The van der Waals surface area contributed by atoms with Crippen molar-refractivity contribution < 1.29 is 4.92 Å². The van der Waals surface area contributed by atoms with Crippen LogP contribution in [0.4, 0.5) is 5.69 Å². The summed E-state index contributed by atoms with van der Waals surface area (Å²) in [5.41, 5.74) is 1.65. The number of nitro groups is 1. The maximum absolute atomic E-state index is 11.1. The van der Waals surface area contributed by atoms with Crippen LogP contribution in [0, 0.1) is 10.1 Å². The first-order valence-corrected chi connectivity index (χ1v) is 8.24. The second kappa shape index (κ2) is 5.86. The summed E-state index contributed by atoms with van der Waals surface area (Å²) in [4.78, 5) is 15.4. The number of nitro benzene ring substituents is 1. The van der Waals surface area contributed by atoms with Crippen LogP contribution in [-0.2, 0) is 0 Å². The van der Waals surface area contributed by atoms with Crippen molar-refractivity contribution in [1.82, 2.24) is 4.98 Å². The number of thiazole rings is 1. The SMILES string of the molecule is O=[N+]([O-])c1ccccc1C=Cc1nc2c(ccc3ccccc32)s1. The van der Waals surface area contributed by atoms with Gasteiger partial charge in [0.25, 0.3) is 5.69 Å². The molecule has 24 heavy (non-hydrogen) atoms. The Kier molecular flexibility index (Phi) is 3.55. The third kappa shape index (κ3) is 2.55. The maximum Gasteiger partial charge on any atom is 0.276 e. The van der Waals surface area contributed by atoms with Crippen LogP contribution < -0.4 is 0 Å². The third-order valence-corrected chi connectivity index (χ3v) is 4.82. The van der Waals surface area contributed by atoms with Gasteiger partial charge in [0.1, 0.15) is 5.01 Å². The highest BCUT2D eigenvalue weighted by atomic mass is 32.1. The van der Waals surface area contributed by atoms with E-state index in [0.717, 1.165) is 26.0 Å². The fourth-order valence-electron chi connectivity index (χ4n) is 2.71. The summed E-state index contributed by atoms with van der Waals surface area (Å²) < 4.78 is 1.11. The molecule has 0 radical (unpaired) electrons. The van der Waals surface area contributed by atoms with Crippen molar-refractivity contribution >= 4 is 50.2 Å². The third-order valence-electron chi connectivity index (χ3n) is 3.84. The Morgan fingerprint density at radius 2 is 1.75 bits per heavy atom. The Morgan fingerprint density at radius 1 is 0.958 bits per heavy atom. The van der Waals surface area contributed by atoms with Crippen molar-refractivity contribution in [2.24, 2.45) is 0 Å². The lowest BCUT2D eigenvalue weighted by atomic mass is 10.1. The molecule has 1 heterocycles. The number of benzene rings is 3. The van der Waals surface area contributed by atoms with Crippen LogP contribution in [0.3, 0.4) is 0 Å². The second-order valence-corrected chi connectivity index (χ2v) is 6.40. The van der Waals surface area contributed by atoms with Crippen LogP contribution in [-0.4, -0.2) is 9.91 Å². The van der Waals surface area contributed by atoms with Gasteiger partial charge in [0.2, 0.25) is 0 Å². The Labute approximate surface area is 141 Å². The molecule has 0 unspecified atom stereocenters. The molecule has 5 heteroatoms.